The Hall–Kier alpha value is -0.100. The van der Waals surface area contributed by atoms with Crippen LogP contribution in [0.25, 0.3) is 0 Å². The maximum Gasteiger partial charge on any atom is 0.0542 e. The van der Waals surface area contributed by atoms with Crippen LogP contribution in [0.15, 0.2) is 30.3 Å². The number of hydrogen-bond acceptors (Lipinski definition) is 2. The van der Waals surface area contributed by atoms with Crippen LogP contribution >= 0.6 is 45.5 Å². The van der Waals surface area contributed by atoms with Crippen molar-refractivity contribution in [2.45, 2.75) is 39.2 Å². The van der Waals surface area contributed by atoms with Crippen LogP contribution < -0.4 is 5.32 Å². The van der Waals surface area contributed by atoms with Crippen LogP contribution in [-0.2, 0) is 12.8 Å². The van der Waals surface area contributed by atoms with Crippen LogP contribution in [0, 0.1) is 3.57 Å². The number of halogens is 2. The van der Waals surface area contributed by atoms with Crippen molar-refractivity contribution in [2.24, 2.45) is 0 Å². The Labute approximate surface area is 150 Å². The van der Waals surface area contributed by atoms with Crippen molar-refractivity contribution in [2.75, 3.05) is 6.54 Å². The van der Waals surface area contributed by atoms with Crippen molar-refractivity contribution < 1.29 is 0 Å². The predicted octanol–water partition coefficient (Wildman–Crippen LogP) is 5.85. The van der Waals surface area contributed by atoms with E-state index in [4.69, 9.17) is 11.6 Å². The first-order chi connectivity index (χ1) is 10.1. The molecule has 0 aliphatic rings. The molecule has 0 aliphatic heterocycles. The molecule has 1 aromatic carbocycles. The molecule has 4 heteroatoms. The van der Waals surface area contributed by atoms with Gasteiger partial charge in [-0.3, -0.25) is 0 Å². The maximum absolute atomic E-state index is 6.29. The number of nitrogens with one attached hydrogen (secondary N) is 1. The SMILES string of the molecule is CCCNC(Cc1ccc(CC)s1)c1ccc(I)c(Cl)c1. The minimum atomic E-state index is 0.336. The summed E-state index contributed by atoms with van der Waals surface area (Å²) in [6, 6.07) is 11.2. The van der Waals surface area contributed by atoms with E-state index in [1.54, 1.807) is 0 Å². The minimum absolute atomic E-state index is 0.336. The van der Waals surface area contributed by atoms with E-state index >= 15 is 0 Å². The lowest BCUT2D eigenvalue weighted by molar-refractivity contribution is 0.532. The van der Waals surface area contributed by atoms with Crippen LogP contribution in [0.5, 0.6) is 0 Å². The van der Waals surface area contributed by atoms with E-state index in [-0.39, 0.29) is 0 Å². The number of thiophene rings is 1. The van der Waals surface area contributed by atoms with Gasteiger partial charge in [-0.05, 0) is 71.8 Å². The molecule has 2 rings (SSSR count). The number of aryl methyl sites for hydroxylation is 1. The number of hydrogen-bond donors (Lipinski definition) is 1. The molecule has 0 radical (unpaired) electrons. The van der Waals surface area contributed by atoms with Crippen molar-refractivity contribution in [1.82, 2.24) is 5.32 Å². The third-order valence-electron chi connectivity index (χ3n) is 3.46. The zero-order chi connectivity index (χ0) is 15.2. The first-order valence-corrected chi connectivity index (χ1v) is 9.67. The van der Waals surface area contributed by atoms with Gasteiger partial charge < -0.3 is 5.32 Å². The lowest BCUT2D eigenvalue weighted by Gasteiger charge is -2.19. The fourth-order valence-corrected chi connectivity index (χ4v) is 3.81. The maximum atomic E-state index is 6.29. The molecule has 1 nitrogen and oxygen atoms in total. The molecule has 2 aromatic rings. The molecule has 1 unspecified atom stereocenters. The third-order valence-corrected chi connectivity index (χ3v) is 6.28. The average Bonchev–Trinajstić information content (AvgIpc) is 2.94. The summed E-state index contributed by atoms with van der Waals surface area (Å²) < 4.78 is 1.11. The summed E-state index contributed by atoms with van der Waals surface area (Å²) in [6.07, 6.45) is 3.29. The van der Waals surface area contributed by atoms with Crippen LogP contribution in [0.4, 0.5) is 0 Å². The lowest BCUT2D eigenvalue weighted by Crippen LogP contribution is -2.23. The van der Waals surface area contributed by atoms with Crippen LogP contribution in [0.3, 0.4) is 0 Å². The average molecular weight is 434 g/mol. The molecule has 0 amide bonds. The van der Waals surface area contributed by atoms with E-state index in [1.807, 2.05) is 11.3 Å². The molecular weight excluding hydrogens is 413 g/mol. The molecule has 0 saturated carbocycles. The van der Waals surface area contributed by atoms with E-state index in [1.165, 1.54) is 15.3 Å². The molecule has 0 bridgehead atoms. The second kappa shape index (κ2) is 8.51. The highest BCUT2D eigenvalue weighted by atomic mass is 127. The smallest absolute Gasteiger partial charge is 0.0542 e. The van der Waals surface area contributed by atoms with E-state index in [0.717, 1.165) is 34.4 Å². The highest BCUT2D eigenvalue weighted by molar-refractivity contribution is 14.1. The molecule has 0 spiro atoms. The number of benzene rings is 1. The van der Waals surface area contributed by atoms with Crippen LogP contribution in [-0.4, -0.2) is 6.54 Å². The van der Waals surface area contributed by atoms with Gasteiger partial charge in [0.25, 0.3) is 0 Å². The normalized spacial score (nSPS) is 12.6. The van der Waals surface area contributed by atoms with Gasteiger partial charge in [0, 0.05) is 25.8 Å². The van der Waals surface area contributed by atoms with Gasteiger partial charge in [-0.15, -0.1) is 11.3 Å². The second-order valence-electron chi connectivity index (χ2n) is 5.11. The highest BCUT2D eigenvalue weighted by Crippen LogP contribution is 2.27. The highest BCUT2D eigenvalue weighted by Gasteiger charge is 2.14. The van der Waals surface area contributed by atoms with Gasteiger partial charge in [-0.1, -0.05) is 31.5 Å². The largest absolute Gasteiger partial charge is 0.310 e. The van der Waals surface area contributed by atoms with Gasteiger partial charge in [-0.2, -0.15) is 0 Å². The Bertz CT molecular complexity index is 582. The third kappa shape index (κ3) is 4.95. The van der Waals surface area contributed by atoms with Gasteiger partial charge >= 0.3 is 0 Å². The molecule has 0 aliphatic carbocycles. The molecule has 0 fully saturated rings. The van der Waals surface area contributed by atoms with Crippen molar-refractivity contribution in [3.63, 3.8) is 0 Å². The summed E-state index contributed by atoms with van der Waals surface area (Å²) in [7, 11) is 0. The van der Waals surface area contributed by atoms with Crippen LogP contribution in [0.1, 0.15) is 41.6 Å². The molecule has 21 heavy (non-hydrogen) atoms. The molecular formula is C17H21ClINS. The van der Waals surface area contributed by atoms with Crippen molar-refractivity contribution in [3.05, 3.63) is 54.2 Å². The van der Waals surface area contributed by atoms with E-state index in [2.05, 4.69) is 72.1 Å². The van der Waals surface area contributed by atoms with Gasteiger partial charge in [0.15, 0.2) is 0 Å². The predicted molar refractivity (Wildman–Crippen MR) is 103 cm³/mol. The first-order valence-electron chi connectivity index (χ1n) is 7.40. The fourth-order valence-electron chi connectivity index (χ4n) is 2.28. The summed E-state index contributed by atoms with van der Waals surface area (Å²) in [5.74, 6) is 0. The Morgan fingerprint density at radius 2 is 1.95 bits per heavy atom. The molecule has 114 valence electrons. The molecule has 1 atom stereocenters. The van der Waals surface area contributed by atoms with Gasteiger partial charge in [0.05, 0.1) is 5.02 Å². The summed E-state index contributed by atoms with van der Waals surface area (Å²) in [5.41, 5.74) is 1.28. The monoisotopic (exact) mass is 433 g/mol. The lowest BCUT2D eigenvalue weighted by atomic mass is 10.0. The second-order valence-corrected chi connectivity index (χ2v) is 7.93. The van der Waals surface area contributed by atoms with E-state index in [0.29, 0.717) is 6.04 Å². The first kappa shape index (κ1) is 17.3. The molecule has 1 aromatic heterocycles. The topological polar surface area (TPSA) is 12.0 Å². The molecule has 1 heterocycles. The Morgan fingerprint density at radius 3 is 2.57 bits per heavy atom. The van der Waals surface area contributed by atoms with Gasteiger partial charge in [0.2, 0.25) is 0 Å². The zero-order valence-electron chi connectivity index (χ0n) is 12.5. The van der Waals surface area contributed by atoms with E-state index in [9.17, 15) is 0 Å². The summed E-state index contributed by atoms with van der Waals surface area (Å²) in [4.78, 5) is 2.90. The van der Waals surface area contributed by atoms with Gasteiger partial charge in [-0.25, -0.2) is 0 Å². The van der Waals surface area contributed by atoms with Gasteiger partial charge in [0.1, 0.15) is 0 Å². The Balaban J connectivity index is 2.18. The van der Waals surface area contributed by atoms with Crippen molar-refractivity contribution in [1.29, 1.82) is 0 Å². The quantitative estimate of drug-likeness (QED) is 0.540. The Kier molecular flexibility index (Phi) is 6.99. The van der Waals surface area contributed by atoms with Crippen LogP contribution in [0.2, 0.25) is 5.02 Å². The Morgan fingerprint density at radius 1 is 1.19 bits per heavy atom. The van der Waals surface area contributed by atoms with Crippen molar-refractivity contribution in [3.8, 4) is 0 Å². The van der Waals surface area contributed by atoms with E-state index < -0.39 is 0 Å². The van der Waals surface area contributed by atoms with Crippen molar-refractivity contribution >= 4 is 45.5 Å². The summed E-state index contributed by atoms with van der Waals surface area (Å²) in [6.45, 7) is 5.44. The molecule has 0 saturated heterocycles. The zero-order valence-corrected chi connectivity index (χ0v) is 16.2. The minimum Gasteiger partial charge on any atom is -0.310 e. The number of rotatable bonds is 7. The summed E-state index contributed by atoms with van der Waals surface area (Å²) in [5, 5.41) is 4.50. The summed E-state index contributed by atoms with van der Waals surface area (Å²) >= 11 is 10.5. The fraction of sp³-hybridized carbons (Fsp3) is 0.412. The standard InChI is InChI=1S/C17H21ClINS/c1-3-9-20-17(11-14-7-6-13(4-2)21-14)12-5-8-16(19)15(18)10-12/h5-8,10,17,20H,3-4,9,11H2,1-2H3. The molecule has 1 N–H and O–H groups in total.